The molecule has 16 heavy (non-hydrogen) atoms. The average molecular weight is 286 g/mol. The zero-order valence-electron chi connectivity index (χ0n) is 9.71. The lowest BCUT2D eigenvalue weighted by Gasteiger charge is -2.15. The van der Waals surface area contributed by atoms with Crippen LogP contribution in [0.3, 0.4) is 0 Å². The van der Waals surface area contributed by atoms with Crippen LogP contribution in [0.15, 0.2) is 16.6 Å². The molecule has 4 heteroatoms. The summed E-state index contributed by atoms with van der Waals surface area (Å²) >= 11 is 3.48. The summed E-state index contributed by atoms with van der Waals surface area (Å²) in [6, 6.07) is 3.94. The lowest BCUT2D eigenvalue weighted by molar-refractivity contribution is -0.119. The van der Waals surface area contributed by atoms with Crippen LogP contribution in [-0.2, 0) is 4.79 Å². The summed E-state index contributed by atoms with van der Waals surface area (Å²) < 4.78 is 6.44. The number of halogens is 1. The van der Waals surface area contributed by atoms with Crippen LogP contribution in [0.1, 0.15) is 30.9 Å². The van der Waals surface area contributed by atoms with E-state index in [0.717, 1.165) is 21.3 Å². The van der Waals surface area contributed by atoms with Gasteiger partial charge in [0.15, 0.2) is 6.61 Å². The van der Waals surface area contributed by atoms with Crippen molar-refractivity contribution in [2.45, 2.75) is 26.7 Å². The number of nitrogens with two attached hydrogens (primary N) is 1. The van der Waals surface area contributed by atoms with Gasteiger partial charge in [0, 0.05) is 4.47 Å². The Morgan fingerprint density at radius 2 is 2.12 bits per heavy atom. The first-order valence-electron chi connectivity index (χ1n) is 5.13. The second-order valence-electron chi connectivity index (χ2n) is 4.05. The third kappa shape index (κ3) is 3.23. The molecule has 0 aliphatic rings. The lowest BCUT2D eigenvalue weighted by atomic mass is 10.0. The van der Waals surface area contributed by atoms with Crippen LogP contribution in [0.4, 0.5) is 0 Å². The standard InChI is InChI=1S/C12H16BrNO2/c1-7(2)9-5-10(13)8(3)4-11(9)16-6-12(14)15/h4-5,7H,6H2,1-3H3,(H2,14,15). The van der Waals surface area contributed by atoms with Gasteiger partial charge in [-0.05, 0) is 36.1 Å². The Bertz CT molecular complexity index is 402. The summed E-state index contributed by atoms with van der Waals surface area (Å²) in [5.41, 5.74) is 7.20. The summed E-state index contributed by atoms with van der Waals surface area (Å²) in [6.07, 6.45) is 0. The number of hydrogen-bond acceptors (Lipinski definition) is 2. The largest absolute Gasteiger partial charge is 0.483 e. The van der Waals surface area contributed by atoms with E-state index in [1.807, 2.05) is 19.1 Å². The van der Waals surface area contributed by atoms with E-state index in [4.69, 9.17) is 10.5 Å². The Hall–Kier alpha value is -1.03. The number of benzene rings is 1. The fraction of sp³-hybridized carbons (Fsp3) is 0.417. The molecule has 0 saturated heterocycles. The van der Waals surface area contributed by atoms with Crippen molar-refractivity contribution in [1.82, 2.24) is 0 Å². The average Bonchev–Trinajstić information content (AvgIpc) is 2.18. The minimum Gasteiger partial charge on any atom is -0.483 e. The zero-order valence-corrected chi connectivity index (χ0v) is 11.3. The van der Waals surface area contributed by atoms with Gasteiger partial charge in [0.05, 0.1) is 0 Å². The molecule has 0 aliphatic carbocycles. The first-order valence-corrected chi connectivity index (χ1v) is 5.92. The molecule has 0 saturated carbocycles. The van der Waals surface area contributed by atoms with Crippen LogP contribution in [0.2, 0.25) is 0 Å². The zero-order chi connectivity index (χ0) is 12.3. The number of primary amides is 1. The summed E-state index contributed by atoms with van der Waals surface area (Å²) in [6.45, 7) is 6.05. The van der Waals surface area contributed by atoms with Crippen LogP contribution in [0, 0.1) is 6.92 Å². The van der Waals surface area contributed by atoms with Gasteiger partial charge in [-0.2, -0.15) is 0 Å². The topological polar surface area (TPSA) is 52.3 Å². The highest BCUT2D eigenvalue weighted by atomic mass is 79.9. The minimum atomic E-state index is -0.463. The fourth-order valence-electron chi connectivity index (χ4n) is 1.40. The third-order valence-corrected chi connectivity index (χ3v) is 3.14. The number of ether oxygens (including phenoxy) is 1. The van der Waals surface area contributed by atoms with Crippen LogP contribution >= 0.6 is 15.9 Å². The van der Waals surface area contributed by atoms with Gasteiger partial charge in [-0.15, -0.1) is 0 Å². The van der Waals surface area contributed by atoms with Gasteiger partial charge in [0.1, 0.15) is 5.75 Å². The van der Waals surface area contributed by atoms with Gasteiger partial charge >= 0.3 is 0 Å². The number of carbonyl (C=O) groups is 1. The second kappa shape index (κ2) is 5.34. The van der Waals surface area contributed by atoms with Crippen molar-refractivity contribution < 1.29 is 9.53 Å². The third-order valence-electron chi connectivity index (χ3n) is 2.28. The van der Waals surface area contributed by atoms with Crippen molar-refractivity contribution in [3.8, 4) is 5.75 Å². The molecule has 1 rings (SSSR count). The van der Waals surface area contributed by atoms with Crippen LogP contribution < -0.4 is 10.5 Å². The Morgan fingerprint density at radius 3 is 2.62 bits per heavy atom. The molecule has 2 N–H and O–H groups in total. The summed E-state index contributed by atoms with van der Waals surface area (Å²) in [5, 5.41) is 0. The first-order chi connectivity index (χ1) is 7.41. The van der Waals surface area contributed by atoms with Crippen molar-refractivity contribution in [1.29, 1.82) is 0 Å². The molecule has 0 aromatic heterocycles. The van der Waals surface area contributed by atoms with Gasteiger partial charge in [0.25, 0.3) is 5.91 Å². The van der Waals surface area contributed by atoms with Gasteiger partial charge in [-0.1, -0.05) is 29.8 Å². The molecule has 88 valence electrons. The Morgan fingerprint density at radius 1 is 1.50 bits per heavy atom. The van der Waals surface area contributed by atoms with Crippen LogP contribution in [0.5, 0.6) is 5.75 Å². The molecule has 0 fully saturated rings. The maximum atomic E-state index is 10.7. The highest BCUT2D eigenvalue weighted by molar-refractivity contribution is 9.10. The molecule has 1 amide bonds. The molecular formula is C12H16BrNO2. The first kappa shape index (κ1) is 13.0. The highest BCUT2D eigenvalue weighted by Crippen LogP contribution is 2.32. The lowest BCUT2D eigenvalue weighted by Crippen LogP contribution is -2.20. The van der Waals surface area contributed by atoms with Crippen molar-refractivity contribution in [2.75, 3.05) is 6.61 Å². The predicted molar refractivity (Wildman–Crippen MR) is 67.7 cm³/mol. The fourth-order valence-corrected chi connectivity index (χ4v) is 1.76. The van der Waals surface area contributed by atoms with E-state index in [0.29, 0.717) is 5.92 Å². The summed E-state index contributed by atoms with van der Waals surface area (Å²) in [7, 11) is 0. The molecule has 0 aliphatic heterocycles. The SMILES string of the molecule is Cc1cc(OCC(N)=O)c(C(C)C)cc1Br. The Kier molecular flexibility index (Phi) is 4.35. The van der Waals surface area contributed by atoms with Crippen molar-refractivity contribution in [3.05, 3.63) is 27.7 Å². The van der Waals surface area contributed by atoms with E-state index < -0.39 is 5.91 Å². The van der Waals surface area contributed by atoms with Gasteiger partial charge < -0.3 is 10.5 Å². The van der Waals surface area contributed by atoms with Gasteiger partial charge in [-0.25, -0.2) is 0 Å². The molecular weight excluding hydrogens is 270 g/mol. The normalized spacial score (nSPS) is 10.6. The summed E-state index contributed by atoms with van der Waals surface area (Å²) in [4.78, 5) is 10.7. The molecule has 0 heterocycles. The van der Waals surface area contributed by atoms with E-state index in [2.05, 4.69) is 29.8 Å². The van der Waals surface area contributed by atoms with E-state index >= 15 is 0 Å². The quantitative estimate of drug-likeness (QED) is 0.925. The summed E-state index contributed by atoms with van der Waals surface area (Å²) in [5.74, 6) is 0.601. The number of aryl methyl sites for hydroxylation is 1. The molecule has 3 nitrogen and oxygen atoms in total. The van der Waals surface area contributed by atoms with E-state index in [1.54, 1.807) is 0 Å². The molecule has 0 atom stereocenters. The number of amides is 1. The molecule has 1 aromatic rings. The van der Waals surface area contributed by atoms with E-state index in [9.17, 15) is 4.79 Å². The second-order valence-corrected chi connectivity index (χ2v) is 4.90. The van der Waals surface area contributed by atoms with Crippen molar-refractivity contribution >= 4 is 21.8 Å². The number of rotatable bonds is 4. The molecule has 0 bridgehead atoms. The molecule has 0 unspecified atom stereocenters. The van der Waals surface area contributed by atoms with Gasteiger partial charge in [-0.3, -0.25) is 4.79 Å². The van der Waals surface area contributed by atoms with E-state index in [1.165, 1.54) is 0 Å². The maximum Gasteiger partial charge on any atom is 0.255 e. The Labute approximate surface area is 104 Å². The maximum absolute atomic E-state index is 10.7. The Balaban J connectivity index is 3.04. The molecule has 1 aromatic carbocycles. The van der Waals surface area contributed by atoms with Crippen molar-refractivity contribution in [3.63, 3.8) is 0 Å². The monoisotopic (exact) mass is 285 g/mol. The smallest absolute Gasteiger partial charge is 0.255 e. The molecule has 0 spiro atoms. The van der Waals surface area contributed by atoms with Gasteiger partial charge in [0.2, 0.25) is 0 Å². The van der Waals surface area contributed by atoms with Crippen LogP contribution in [-0.4, -0.2) is 12.5 Å². The number of carbonyl (C=O) groups excluding carboxylic acids is 1. The predicted octanol–water partition coefficient (Wildman–Crippen LogP) is 2.75. The number of hydrogen-bond donors (Lipinski definition) is 1. The molecule has 0 radical (unpaired) electrons. The van der Waals surface area contributed by atoms with Crippen LogP contribution in [0.25, 0.3) is 0 Å². The van der Waals surface area contributed by atoms with Crippen molar-refractivity contribution in [2.24, 2.45) is 5.73 Å². The highest BCUT2D eigenvalue weighted by Gasteiger charge is 2.11. The minimum absolute atomic E-state index is 0.0825. The van der Waals surface area contributed by atoms with E-state index in [-0.39, 0.29) is 6.61 Å².